The molecule has 0 saturated carbocycles. The summed E-state index contributed by atoms with van der Waals surface area (Å²) in [5.41, 5.74) is -0.759. The average molecular weight is 296 g/mol. The third-order valence-corrected chi connectivity index (χ3v) is 2.75. The molecule has 7 heteroatoms. The van der Waals surface area contributed by atoms with E-state index in [-0.39, 0.29) is 23.4 Å². The van der Waals surface area contributed by atoms with Gasteiger partial charge in [-0.05, 0) is 17.7 Å². The van der Waals surface area contributed by atoms with Gasteiger partial charge in [-0.1, -0.05) is 18.2 Å². The van der Waals surface area contributed by atoms with Crippen LogP contribution in [0.5, 0.6) is 5.75 Å². The lowest BCUT2D eigenvalue weighted by atomic mass is 10.1. The summed E-state index contributed by atoms with van der Waals surface area (Å²) < 4.78 is 38.4. The molecule has 0 bridgehead atoms. The van der Waals surface area contributed by atoms with Gasteiger partial charge in [-0.15, -0.1) is 0 Å². The van der Waals surface area contributed by atoms with Gasteiger partial charge in [0, 0.05) is 12.7 Å². The molecule has 1 aromatic carbocycles. The fraction of sp³-hybridized carbons (Fsp3) is 0.143. The average Bonchev–Trinajstić information content (AvgIpc) is 2.44. The van der Waals surface area contributed by atoms with Crippen LogP contribution in [0.25, 0.3) is 0 Å². The molecule has 0 aliphatic heterocycles. The third-order valence-electron chi connectivity index (χ3n) is 2.75. The molecule has 0 saturated heterocycles. The maximum atomic E-state index is 12.8. The molecular formula is C14H11F3N2O2. The molecule has 0 radical (unpaired) electrons. The minimum absolute atomic E-state index is 0.0357. The highest BCUT2D eigenvalue weighted by molar-refractivity contribution is 5.94. The van der Waals surface area contributed by atoms with Crippen LogP contribution in [0.3, 0.4) is 0 Å². The Balaban J connectivity index is 2.12. The number of carbonyl (C=O) groups is 1. The maximum Gasteiger partial charge on any atom is 0.416 e. The number of hydrogen-bond acceptors (Lipinski definition) is 3. The van der Waals surface area contributed by atoms with Crippen molar-refractivity contribution in [2.24, 2.45) is 0 Å². The van der Waals surface area contributed by atoms with Crippen molar-refractivity contribution in [2.75, 3.05) is 0 Å². The van der Waals surface area contributed by atoms with E-state index in [9.17, 15) is 23.1 Å². The number of amides is 1. The van der Waals surface area contributed by atoms with E-state index in [0.29, 0.717) is 0 Å². The number of rotatable bonds is 3. The first kappa shape index (κ1) is 14.8. The lowest BCUT2D eigenvalue weighted by Crippen LogP contribution is -2.24. The van der Waals surface area contributed by atoms with Crippen LogP contribution in [-0.4, -0.2) is 16.0 Å². The van der Waals surface area contributed by atoms with Crippen LogP contribution in [0.4, 0.5) is 13.2 Å². The Labute approximate surface area is 118 Å². The second-order valence-electron chi connectivity index (χ2n) is 4.27. The number of nitrogens with one attached hydrogen (secondary N) is 1. The number of aromatic nitrogens is 1. The molecule has 1 heterocycles. The Hall–Kier alpha value is -2.57. The van der Waals surface area contributed by atoms with Crippen LogP contribution in [0.15, 0.2) is 42.7 Å². The minimum atomic E-state index is -4.48. The number of benzene rings is 1. The summed E-state index contributed by atoms with van der Waals surface area (Å²) in [4.78, 5) is 15.4. The van der Waals surface area contributed by atoms with Gasteiger partial charge in [-0.2, -0.15) is 13.2 Å². The molecule has 1 amide bonds. The Morgan fingerprint density at radius 1 is 1.24 bits per heavy atom. The van der Waals surface area contributed by atoms with Crippen molar-refractivity contribution in [1.82, 2.24) is 10.3 Å². The van der Waals surface area contributed by atoms with Crippen LogP contribution < -0.4 is 5.32 Å². The Bertz CT molecular complexity index is 657. The highest BCUT2D eigenvalue weighted by Gasteiger charge is 2.32. The lowest BCUT2D eigenvalue weighted by molar-refractivity contribution is -0.138. The molecule has 2 N–H and O–H groups in total. The summed E-state index contributed by atoms with van der Waals surface area (Å²) in [7, 11) is 0. The van der Waals surface area contributed by atoms with E-state index in [2.05, 4.69) is 10.3 Å². The van der Waals surface area contributed by atoms with Crippen molar-refractivity contribution in [1.29, 1.82) is 0 Å². The molecule has 4 nitrogen and oxygen atoms in total. The Morgan fingerprint density at radius 3 is 2.62 bits per heavy atom. The standard InChI is InChI=1S/C14H11F3N2O2/c15-14(16,17)12-4-2-1-3-9(12)7-19-13(21)10-5-11(20)8-18-6-10/h1-6,8,20H,7H2,(H,19,21). The van der Waals surface area contributed by atoms with Crippen LogP contribution >= 0.6 is 0 Å². The number of pyridine rings is 1. The van der Waals surface area contributed by atoms with Gasteiger partial charge in [0.25, 0.3) is 5.91 Å². The number of aromatic hydroxyl groups is 1. The molecule has 0 aliphatic rings. The molecule has 2 aromatic rings. The highest BCUT2D eigenvalue weighted by Crippen LogP contribution is 2.31. The topological polar surface area (TPSA) is 62.2 Å². The van der Waals surface area contributed by atoms with Gasteiger partial charge in [0.05, 0.1) is 17.3 Å². The second-order valence-corrected chi connectivity index (χ2v) is 4.27. The summed E-state index contributed by atoms with van der Waals surface area (Å²) in [6.07, 6.45) is -2.12. The molecule has 2 rings (SSSR count). The summed E-state index contributed by atoms with van der Waals surface area (Å²) in [5.74, 6) is -0.811. The number of hydrogen-bond donors (Lipinski definition) is 2. The van der Waals surface area contributed by atoms with E-state index in [4.69, 9.17) is 0 Å². The van der Waals surface area contributed by atoms with Crippen LogP contribution in [-0.2, 0) is 12.7 Å². The zero-order chi connectivity index (χ0) is 15.5. The Kier molecular flexibility index (Phi) is 4.11. The molecule has 0 spiro atoms. The number of alkyl halides is 3. The van der Waals surface area contributed by atoms with Gasteiger partial charge in [0.1, 0.15) is 5.75 Å². The monoisotopic (exact) mass is 296 g/mol. The van der Waals surface area contributed by atoms with Crippen molar-refractivity contribution in [3.63, 3.8) is 0 Å². The van der Waals surface area contributed by atoms with E-state index < -0.39 is 17.6 Å². The zero-order valence-corrected chi connectivity index (χ0v) is 10.7. The van der Waals surface area contributed by atoms with Crippen LogP contribution in [0, 0.1) is 0 Å². The predicted octanol–water partition coefficient (Wildman–Crippen LogP) is 2.74. The lowest BCUT2D eigenvalue weighted by Gasteiger charge is -2.13. The van der Waals surface area contributed by atoms with E-state index >= 15 is 0 Å². The molecular weight excluding hydrogens is 285 g/mol. The van der Waals surface area contributed by atoms with Gasteiger partial charge >= 0.3 is 6.18 Å². The summed E-state index contributed by atoms with van der Waals surface area (Å²) in [6.45, 7) is -0.274. The van der Waals surface area contributed by atoms with Crippen molar-refractivity contribution >= 4 is 5.91 Å². The normalized spacial score (nSPS) is 11.2. The fourth-order valence-corrected chi connectivity index (χ4v) is 1.78. The first-order valence-corrected chi connectivity index (χ1v) is 5.95. The SMILES string of the molecule is O=C(NCc1ccccc1C(F)(F)F)c1cncc(O)c1. The largest absolute Gasteiger partial charge is 0.506 e. The molecule has 0 unspecified atom stereocenters. The molecule has 0 atom stereocenters. The third kappa shape index (κ3) is 3.71. The van der Waals surface area contributed by atoms with E-state index in [1.807, 2.05) is 0 Å². The fourth-order valence-electron chi connectivity index (χ4n) is 1.78. The first-order chi connectivity index (χ1) is 9.88. The molecule has 110 valence electrons. The van der Waals surface area contributed by atoms with Gasteiger partial charge in [-0.25, -0.2) is 0 Å². The molecule has 21 heavy (non-hydrogen) atoms. The van der Waals surface area contributed by atoms with Gasteiger partial charge in [0.2, 0.25) is 0 Å². The predicted molar refractivity (Wildman–Crippen MR) is 68.5 cm³/mol. The van der Waals surface area contributed by atoms with Crippen molar-refractivity contribution < 1.29 is 23.1 Å². The first-order valence-electron chi connectivity index (χ1n) is 5.95. The van der Waals surface area contributed by atoms with E-state index in [1.54, 1.807) is 0 Å². The highest BCUT2D eigenvalue weighted by atomic mass is 19.4. The maximum absolute atomic E-state index is 12.8. The van der Waals surface area contributed by atoms with E-state index in [0.717, 1.165) is 12.3 Å². The second kappa shape index (κ2) is 5.82. The van der Waals surface area contributed by atoms with Gasteiger partial charge in [-0.3, -0.25) is 9.78 Å². The van der Waals surface area contributed by atoms with E-state index in [1.165, 1.54) is 30.5 Å². The van der Waals surface area contributed by atoms with Crippen LogP contribution in [0.1, 0.15) is 21.5 Å². The molecule has 0 aliphatic carbocycles. The summed E-state index contributed by atoms with van der Waals surface area (Å²) in [6, 6.07) is 6.18. The number of nitrogens with zero attached hydrogens (tertiary/aromatic N) is 1. The molecule has 1 aromatic heterocycles. The smallest absolute Gasteiger partial charge is 0.416 e. The number of carbonyl (C=O) groups excluding carboxylic acids is 1. The van der Waals surface area contributed by atoms with Gasteiger partial charge < -0.3 is 10.4 Å². The zero-order valence-electron chi connectivity index (χ0n) is 10.7. The van der Waals surface area contributed by atoms with Crippen molar-refractivity contribution in [2.45, 2.75) is 12.7 Å². The minimum Gasteiger partial charge on any atom is -0.506 e. The Morgan fingerprint density at radius 2 is 1.95 bits per heavy atom. The summed E-state index contributed by atoms with van der Waals surface area (Å²) in [5, 5.41) is 11.6. The number of halogens is 3. The van der Waals surface area contributed by atoms with Crippen molar-refractivity contribution in [3.8, 4) is 5.75 Å². The van der Waals surface area contributed by atoms with Crippen LogP contribution in [0.2, 0.25) is 0 Å². The van der Waals surface area contributed by atoms with Crippen molar-refractivity contribution in [3.05, 3.63) is 59.4 Å². The molecule has 0 fully saturated rings. The van der Waals surface area contributed by atoms with Gasteiger partial charge in [0.15, 0.2) is 0 Å². The summed E-state index contributed by atoms with van der Waals surface area (Å²) >= 11 is 0. The quantitative estimate of drug-likeness (QED) is 0.915.